The van der Waals surface area contributed by atoms with Crippen LogP contribution in [0.2, 0.25) is 0 Å². The van der Waals surface area contributed by atoms with Gasteiger partial charge < -0.3 is 14.8 Å². The second-order valence-corrected chi connectivity index (χ2v) is 5.45. The zero-order valence-corrected chi connectivity index (χ0v) is 12.4. The van der Waals surface area contributed by atoms with Crippen molar-refractivity contribution in [3.63, 3.8) is 0 Å². The summed E-state index contributed by atoms with van der Waals surface area (Å²) in [4.78, 5) is 0. The second kappa shape index (κ2) is 5.25. The number of methoxy groups -OCH3 is 1. The van der Waals surface area contributed by atoms with Gasteiger partial charge in [-0.2, -0.15) is 0 Å². The molecule has 104 valence electrons. The van der Waals surface area contributed by atoms with Gasteiger partial charge in [0.1, 0.15) is 17.1 Å². The van der Waals surface area contributed by atoms with Crippen LogP contribution >= 0.6 is 0 Å². The van der Waals surface area contributed by atoms with E-state index in [0.29, 0.717) is 0 Å². The minimum absolute atomic E-state index is 0.257. The van der Waals surface area contributed by atoms with Gasteiger partial charge in [0.25, 0.3) is 0 Å². The monoisotopic (exact) mass is 261 g/mol. The van der Waals surface area contributed by atoms with E-state index in [-0.39, 0.29) is 11.6 Å². The van der Waals surface area contributed by atoms with Crippen molar-refractivity contribution in [1.29, 1.82) is 0 Å². The first-order valence-electron chi connectivity index (χ1n) is 6.80. The van der Waals surface area contributed by atoms with E-state index in [9.17, 15) is 0 Å². The van der Waals surface area contributed by atoms with Crippen LogP contribution in [0.1, 0.15) is 44.9 Å². The molecule has 1 aliphatic heterocycles. The van der Waals surface area contributed by atoms with Crippen LogP contribution in [0.5, 0.6) is 11.5 Å². The Morgan fingerprint density at radius 2 is 2.11 bits per heavy atom. The molecule has 1 aromatic carbocycles. The van der Waals surface area contributed by atoms with Crippen LogP contribution in [0.15, 0.2) is 18.2 Å². The van der Waals surface area contributed by atoms with Gasteiger partial charge in [-0.3, -0.25) is 0 Å². The van der Waals surface area contributed by atoms with Gasteiger partial charge in [0.15, 0.2) is 0 Å². The molecule has 1 aliphatic rings. The Morgan fingerprint density at radius 3 is 2.74 bits per heavy atom. The van der Waals surface area contributed by atoms with Gasteiger partial charge in [0.2, 0.25) is 0 Å². The Morgan fingerprint density at radius 1 is 1.37 bits per heavy atom. The number of nitrogens with one attached hydrogen (secondary N) is 1. The Hall–Kier alpha value is -1.48. The first kappa shape index (κ1) is 13.9. The van der Waals surface area contributed by atoms with Crippen molar-refractivity contribution in [3.05, 3.63) is 29.3 Å². The minimum atomic E-state index is -0.257. The average Bonchev–Trinajstić information content (AvgIpc) is 2.36. The fourth-order valence-corrected chi connectivity index (χ4v) is 2.35. The predicted molar refractivity (Wildman–Crippen MR) is 78.8 cm³/mol. The van der Waals surface area contributed by atoms with Crippen LogP contribution in [0.4, 0.5) is 0 Å². The summed E-state index contributed by atoms with van der Waals surface area (Å²) >= 11 is 0. The average molecular weight is 261 g/mol. The SMILES string of the molecule is CCNC(C)c1cc2c(cc1OC)OC(C)(C)C=C2. The highest BCUT2D eigenvalue weighted by Crippen LogP contribution is 2.38. The van der Waals surface area contributed by atoms with Gasteiger partial charge in [0, 0.05) is 23.2 Å². The molecule has 3 nitrogen and oxygen atoms in total. The third kappa shape index (κ3) is 2.92. The molecule has 1 N–H and O–H groups in total. The number of ether oxygens (including phenoxy) is 2. The van der Waals surface area contributed by atoms with Gasteiger partial charge in [-0.15, -0.1) is 0 Å². The van der Waals surface area contributed by atoms with Crippen molar-refractivity contribution >= 4 is 6.08 Å². The van der Waals surface area contributed by atoms with Crippen molar-refractivity contribution in [2.75, 3.05) is 13.7 Å². The fourth-order valence-electron chi connectivity index (χ4n) is 2.35. The number of fused-ring (bicyclic) bond motifs is 1. The summed E-state index contributed by atoms with van der Waals surface area (Å²) in [6.45, 7) is 9.28. The first-order valence-corrected chi connectivity index (χ1v) is 6.80. The lowest BCUT2D eigenvalue weighted by atomic mass is 9.98. The van der Waals surface area contributed by atoms with E-state index in [2.05, 4.69) is 37.4 Å². The minimum Gasteiger partial charge on any atom is -0.496 e. The van der Waals surface area contributed by atoms with E-state index in [0.717, 1.165) is 29.2 Å². The van der Waals surface area contributed by atoms with E-state index < -0.39 is 0 Å². The molecule has 0 aromatic heterocycles. The van der Waals surface area contributed by atoms with Crippen LogP contribution in [0.3, 0.4) is 0 Å². The lowest BCUT2D eigenvalue weighted by molar-refractivity contribution is 0.158. The lowest BCUT2D eigenvalue weighted by Crippen LogP contribution is -2.27. The van der Waals surface area contributed by atoms with E-state index in [1.807, 2.05) is 19.9 Å². The molecular formula is C16H23NO2. The maximum absolute atomic E-state index is 5.97. The maximum atomic E-state index is 5.97. The molecule has 0 spiro atoms. The molecular weight excluding hydrogens is 238 g/mol. The molecule has 1 atom stereocenters. The highest BCUT2D eigenvalue weighted by Gasteiger charge is 2.24. The van der Waals surface area contributed by atoms with E-state index in [1.165, 1.54) is 0 Å². The normalized spacial score (nSPS) is 17.5. The van der Waals surface area contributed by atoms with Crippen molar-refractivity contribution in [1.82, 2.24) is 5.32 Å². The van der Waals surface area contributed by atoms with Crippen molar-refractivity contribution < 1.29 is 9.47 Å². The third-order valence-electron chi connectivity index (χ3n) is 3.38. The summed E-state index contributed by atoms with van der Waals surface area (Å²) < 4.78 is 11.5. The largest absolute Gasteiger partial charge is 0.496 e. The summed E-state index contributed by atoms with van der Waals surface area (Å²) in [7, 11) is 1.70. The van der Waals surface area contributed by atoms with Crippen LogP contribution in [-0.2, 0) is 0 Å². The Labute approximate surface area is 115 Å². The summed E-state index contributed by atoms with van der Waals surface area (Å²) in [5.41, 5.74) is 2.02. The lowest BCUT2D eigenvalue weighted by Gasteiger charge is -2.29. The quantitative estimate of drug-likeness (QED) is 0.899. The molecule has 3 heteroatoms. The highest BCUT2D eigenvalue weighted by molar-refractivity contribution is 5.64. The predicted octanol–water partition coefficient (Wildman–Crippen LogP) is 3.55. The Bertz CT molecular complexity index is 492. The van der Waals surface area contributed by atoms with E-state index in [4.69, 9.17) is 9.47 Å². The summed E-state index contributed by atoms with van der Waals surface area (Å²) in [5.74, 6) is 1.76. The Balaban J connectivity index is 2.43. The number of hydrogen-bond donors (Lipinski definition) is 1. The highest BCUT2D eigenvalue weighted by atomic mass is 16.5. The molecule has 0 amide bonds. The molecule has 1 heterocycles. The molecule has 0 radical (unpaired) electrons. The van der Waals surface area contributed by atoms with E-state index >= 15 is 0 Å². The van der Waals surface area contributed by atoms with Gasteiger partial charge in [-0.05, 0) is 39.5 Å². The summed E-state index contributed by atoms with van der Waals surface area (Å²) in [6.07, 6.45) is 4.21. The van der Waals surface area contributed by atoms with Crippen molar-refractivity contribution in [3.8, 4) is 11.5 Å². The standard InChI is InChI=1S/C16H23NO2/c1-6-17-11(2)13-9-12-7-8-16(3,4)19-14(12)10-15(13)18-5/h7-11,17H,6H2,1-5H3. The van der Waals surface area contributed by atoms with Gasteiger partial charge in [-0.1, -0.05) is 13.0 Å². The molecule has 0 saturated heterocycles. The topological polar surface area (TPSA) is 30.5 Å². The smallest absolute Gasteiger partial charge is 0.131 e. The number of hydrogen-bond acceptors (Lipinski definition) is 3. The van der Waals surface area contributed by atoms with Gasteiger partial charge in [0.05, 0.1) is 7.11 Å². The molecule has 0 saturated carbocycles. The number of rotatable bonds is 4. The number of benzene rings is 1. The van der Waals surface area contributed by atoms with E-state index in [1.54, 1.807) is 7.11 Å². The van der Waals surface area contributed by atoms with Gasteiger partial charge in [-0.25, -0.2) is 0 Å². The second-order valence-electron chi connectivity index (χ2n) is 5.45. The van der Waals surface area contributed by atoms with Crippen LogP contribution in [-0.4, -0.2) is 19.3 Å². The zero-order valence-electron chi connectivity index (χ0n) is 12.4. The Kier molecular flexibility index (Phi) is 3.85. The van der Waals surface area contributed by atoms with Crippen molar-refractivity contribution in [2.24, 2.45) is 0 Å². The third-order valence-corrected chi connectivity index (χ3v) is 3.38. The zero-order chi connectivity index (χ0) is 14.0. The van der Waals surface area contributed by atoms with Crippen LogP contribution < -0.4 is 14.8 Å². The molecule has 19 heavy (non-hydrogen) atoms. The molecule has 2 rings (SSSR count). The summed E-state index contributed by atoms with van der Waals surface area (Å²) in [5, 5.41) is 3.41. The molecule has 1 unspecified atom stereocenters. The molecule has 0 bridgehead atoms. The first-order chi connectivity index (χ1) is 8.96. The van der Waals surface area contributed by atoms with Crippen LogP contribution in [0, 0.1) is 0 Å². The molecule has 0 fully saturated rings. The van der Waals surface area contributed by atoms with Gasteiger partial charge >= 0.3 is 0 Å². The molecule has 1 aromatic rings. The van der Waals surface area contributed by atoms with Crippen molar-refractivity contribution in [2.45, 2.75) is 39.3 Å². The fraction of sp³-hybridized carbons (Fsp3) is 0.500. The maximum Gasteiger partial charge on any atom is 0.131 e. The van der Waals surface area contributed by atoms with Crippen LogP contribution in [0.25, 0.3) is 6.08 Å². The molecule has 0 aliphatic carbocycles. The summed E-state index contributed by atoms with van der Waals surface area (Å²) in [6, 6.07) is 4.39.